The lowest BCUT2D eigenvalue weighted by molar-refractivity contribution is -0.124. The van der Waals surface area contributed by atoms with Gasteiger partial charge in [-0.2, -0.15) is 0 Å². The van der Waals surface area contributed by atoms with Gasteiger partial charge in [0.25, 0.3) is 5.56 Å². The molecule has 1 aliphatic carbocycles. The average Bonchev–Trinajstić information content (AvgIpc) is 3.62. The lowest BCUT2D eigenvalue weighted by atomic mass is 10.1. The SMILES string of the molecule is C[C@@H]1C[C@@H](C(=O)NCc2cc3cnc(N)cc3s2)n2c1ncc(N[C@@H]1CC[C@@H](Oc3ccccn3)C1)c2=O. The van der Waals surface area contributed by atoms with Gasteiger partial charge in [0.2, 0.25) is 11.8 Å². The smallest absolute Gasteiger partial charge is 0.277 e. The van der Waals surface area contributed by atoms with Crippen molar-refractivity contribution < 1.29 is 9.53 Å². The quantitative estimate of drug-likeness (QED) is 0.329. The van der Waals surface area contributed by atoms with Crippen molar-refractivity contribution >= 4 is 38.8 Å². The summed E-state index contributed by atoms with van der Waals surface area (Å²) >= 11 is 1.57. The molecule has 1 fully saturated rings. The highest BCUT2D eigenvalue weighted by atomic mass is 32.1. The van der Waals surface area contributed by atoms with E-state index < -0.39 is 6.04 Å². The fourth-order valence-electron chi connectivity index (χ4n) is 5.39. The van der Waals surface area contributed by atoms with Crippen LogP contribution in [0, 0.1) is 0 Å². The summed E-state index contributed by atoms with van der Waals surface area (Å²) in [6.45, 7) is 2.37. The molecule has 11 heteroatoms. The van der Waals surface area contributed by atoms with Gasteiger partial charge in [-0.05, 0) is 37.5 Å². The number of hydrogen-bond donors (Lipinski definition) is 3. The van der Waals surface area contributed by atoms with Gasteiger partial charge in [-0.25, -0.2) is 15.0 Å². The Bertz CT molecular complexity index is 1540. The van der Waals surface area contributed by atoms with Gasteiger partial charge in [0.05, 0.1) is 12.7 Å². The average molecular weight is 532 g/mol. The lowest BCUT2D eigenvalue weighted by Crippen LogP contribution is -2.37. The maximum absolute atomic E-state index is 13.5. The fraction of sp³-hybridized carbons (Fsp3) is 0.370. The number of nitrogens with zero attached hydrogens (tertiary/aromatic N) is 4. The van der Waals surface area contributed by atoms with Crippen LogP contribution in [-0.4, -0.2) is 37.6 Å². The van der Waals surface area contributed by atoms with Gasteiger partial charge in [0.1, 0.15) is 29.5 Å². The molecule has 196 valence electrons. The molecular weight excluding hydrogens is 502 g/mol. The Labute approximate surface area is 223 Å². The van der Waals surface area contributed by atoms with E-state index >= 15 is 0 Å². The Balaban J connectivity index is 1.13. The molecule has 6 rings (SSSR count). The molecule has 4 atom stereocenters. The number of amides is 1. The van der Waals surface area contributed by atoms with Crippen molar-refractivity contribution in [3.8, 4) is 5.88 Å². The Morgan fingerprint density at radius 2 is 2.08 bits per heavy atom. The molecule has 4 aromatic heterocycles. The summed E-state index contributed by atoms with van der Waals surface area (Å²) in [6.07, 6.45) is 8.12. The summed E-state index contributed by atoms with van der Waals surface area (Å²) in [5.74, 6) is 1.55. The first kappa shape index (κ1) is 24.4. The maximum atomic E-state index is 13.5. The van der Waals surface area contributed by atoms with E-state index in [1.54, 1.807) is 34.5 Å². The first-order valence-corrected chi connectivity index (χ1v) is 13.6. The monoisotopic (exact) mass is 531 g/mol. The normalized spacial score (nSPS) is 22.3. The van der Waals surface area contributed by atoms with Crippen molar-refractivity contribution in [3.05, 3.63) is 70.0 Å². The third kappa shape index (κ3) is 4.81. The summed E-state index contributed by atoms with van der Waals surface area (Å²) < 4.78 is 8.58. The highest BCUT2D eigenvalue weighted by molar-refractivity contribution is 7.19. The van der Waals surface area contributed by atoms with Crippen LogP contribution in [0.25, 0.3) is 10.1 Å². The van der Waals surface area contributed by atoms with Crippen molar-refractivity contribution in [2.75, 3.05) is 11.1 Å². The van der Waals surface area contributed by atoms with Crippen molar-refractivity contribution in [1.82, 2.24) is 24.8 Å². The number of rotatable bonds is 7. The molecule has 2 aliphatic rings. The number of aromatic nitrogens is 4. The molecule has 0 aromatic carbocycles. The summed E-state index contributed by atoms with van der Waals surface area (Å²) in [5.41, 5.74) is 5.99. The predicted octanol–water partition coefficient (Wildman–Crippen LogP) is 3.61. The summed E-state index contributed by atoms with van der Waals surface area (Å²) in [6, 6.07) is 8.91. The van der Waals surface area contributed by atoms with Crippen molar-refractivity contribution in [2.45, 2.75) is 63.3 Å². The van der Waals surface area contributed by atoms with Gasteiger partial charge in [-0.1, -0.05) is 13.0 Å². The number of carbonyl (C=O) groups excluding carboxylic acids is 1. The molecule has 10 nitrogen and oxygen atoms in total. The summed E-state index contributed by atoms with van der Waals surface area (Å²) in [7, 11) is 0. The van der Waals surface area contributed by atoms with Crippen LogP contribution >= 0.6 is 11.3 Å². The Hall–Kier alpha value is -3.99. The van der Waals surface area contributed by atoms with E-state index in [0.29, 0.717) is 36.2 Å². The molecule has 0 unspecified atom stereocenters. The molecule has 0 bridgehead atoms. The van der Waals surface area contributed by atoms with Gasteiger partial charge in [-0.15, -0.1) is 11.3 Å². The molecule has 1 aliphatic heterocycles. The topological polar surface area (TPSA) is 137 Å². The van der Waals surface area contributed by atoms with E-state index in [2.05, 4.69) is 25.6 Å². The highest BCUT2D eigenvalue weighted by Gasteiger charge is 2.36. The zero-order valence-electron chi connectivity index (χ0n) is 21.0. The van der Waals surface area contributed by atoms with Crippen LogP contribution in [0.3, 0.4) is 0 Å². The summed E-state index contributed by atoms with van der Waals surface area (Å²) in [4.78, 5) is 40.7. The van der Waals surface area contributed by atoms with Crippen LogP contribution in [0.15, 0.2) is 53.7 Å². The molecule has 4 aromatic rings. The van der Waals surface area contributed by atoms with Gasteiger partial charge >= 0.3 is 0 Å². The van der Waals surface area contributed by atoms with E-state index in [1.807, 2.05) is 37.3 Å². The standard InChI is InChI=1S/C27H29N7O3S/c1-15-8-21(26(35)32-13-19-9-16-12-30-23(28)11-22(16)38-19)34-25(15)31-14-20(27(34)36)33-17-5-6-18(10-17)37-24-4-2-3-7-29-24/h2-4,7,9,11-12,14-15,17-18,21,33H,5-6,8,10,13H2,1H3,(H2,28,30)(H,32,35)/t15-,17-,18-,21+/m1/s1. The second-order valence-electron chi connectivity index (χ2n) is 10.00. The fourth-order valence-corrected chi connectivity index (χ4v) is 6.41. The van der Waals surface area contributed by atoms with Crippen molar-refractivity contribution in [2.24, 2.45) is 0 Å². The van der Waals surface area contributed by atoms with E-state index in [-0.39, 0.29) is 29.5 Å². The number of thiophene rings is 1. The highest BCUT2D eigenvalue weighted by Crippen LogP contribution is 2.34. The number of nitrogens with one attached hydrogen (secondary N) is 2. The van der Waals surface area contributed by atoms with Crippen LogP contribution in [0.1, 0.15) is 55.3 Å². The van der Waals surface area contributed by atoms with Crippen LogP contribution in [0.4, 0.5) is 11.5 Å². The third-order valence-corrected chi connectivity index (χ3v) is 8.33. The summed E-state index contributed by atoms with van der Waals surface area (Å²) in [5, 5.41) is 7.37. The van der Waals surface area contributed by atoms with Gasteiger partial charge in [0.15, 0.2) is 0 Å². The second-order valence-corrected chi connectivity index (χ2v) is 11.2. The maximum Gasteiger partial charge on any atom is 0.277 e. The number of carbonyl (C=O) groups is 1. The Morgan fingerprint density at radius 1 is 1.18 bits per heavy atom. The Morgan fingerprint density at radius 3 is 2.92 bits per heavy atom. The van der Waals surface area contributed by atoms with Crippen LogP contribution < -0.4 is 26.7 Å². The zero-order valence-corrected chi connectivity index (χ0v) is 21.8. The van der Waals surface area contributed by atoms with Crippen molar-refractivity contribution in [3.63, 3.8) is 0 Å². The lowest BCUT2D eigenvalue weighted by Gasteiger charge is -2.18. The molecule has 5 heterocycles. The van der Waals surface area contributed by atoms with E-state index in [1.165, 1.54) is 0 Å². The minimum absolute atomic E-state index is 0.00788. The van der Waals surface area contributed by atoms with Crippen molar-refractivity contribution in [1.29, 1.82) is 0 Å². The number of anilines is 2. The number of ether oxygens (including phenoxy) is 1. The molecule has 0 radical (unpaired) electrons. The molecule has 0 saturated heterocycles. The molecular formula is C27H29N7O3S. The van der Waals surface area contributed by atoms with E-state index in [9.17, 15) is 9.59 Å². The molecule has 38 heavy (non-hydrogen) atoms. The number of nitrogens with two attached hydrogens (primary N) is 1. The zero-order chi connectivity index (χ0) is 26.2. The van der Waals surface area contributed by atoms with Crippen LogP contribution in [0.2, 0.25) is 0 Å². The van der Waals surface area contributed by atoms with E-state index in [4.69, 9.17) is 10.5 Å². The van der Waals surface area contributed by atoms with Gasteiger partial charge in [-0.3, -0.25) is 14.2 Å². The van der Waals surface area contributed by atoms with E-state index in [0.717, 1.165) is 34.2 Å². The largest absolute Gasteiger partial charge is 0.474 e. The second kappa shape index (κ2) is 10.1. The first-order valence-electron chi connectivity index (χ1n) is 12.8. The minimum Gasteiger partial charge on any atom is -0.474 e. The number of fused-ring (bicyclic) bond motifs is 2. The Kier molecular flexibility index (Phi) is 6.44. The number of hydrogen-bond acceptors (Lipinski definition) is 9. The molecule has 1 amide bonds. The predicted molar refractivity (Wildman–Crippen MR) is 146 cm³/mol. The third-order valence-electron chi connectivity index (χ3n) is 7.23. The molecule has 4 N–H and O–H groups in total. The van der Waals surface area contributed by atoms with Gasteiger partial charge < -0.3 is 21.1 Å². The molecule has 1 saturated carbocycles. The number of nitrogen functional groups attached to an aromatic ring is 1. The number of pyridine rings is 2. The minimum atomic E-state index is -0.600. The van der Waals surface area contributed by atoms with Crippen LogP contribution in [0.5, 0.6) is 5.88 Å². The first-order chi connectivity index (χ1) is 18.4. The van der Waals surface area contributed by atoms with Gasteiger partial charge in [0, 0.05) is 51.8 Å². The molecule has 0 spiro atoms. The van der Waals surface area contributed by atoms with Crippen LogP contribution in [-0.2, 0) is 11.3 Å².